The third kappa shape index (κ3) is 3.03. The first-order valence-electron chi connectivity index (χ1n) is 7.40. The van der Waals surface area contributed by atoms with Gasteiger partial charge in [0.1, 0.15) is 35.6 Å². The molecule has 1 aliphatic heterocycles. The van der Waals surface area contributed by atoms with Gasteiger partial charge in [0, 0.05) is 0 Å². The second-order valence-electron chi connectivity index (χ2n) is 5.08. The standard InChI is InChI=1S/C16H15ClN4O3/c1-2-24-11(22)8-21-15(10-6-4-3-5-7-10)20-14-12(16(21)23)13(17)18-9-19-14/h3-7,9,15H,2,8H2,1H3,(H,18,19,20). The molecule has 0 aliphatic carbocycles. The molecule has 1 N–H and O–H groups in total. The minimum atomic E-state index is -0.554. The van der Waals surface area contributed by atoms with Gasteiger partial charge in [-0.3, -0.25) is 9.59 Å². The lowest BCUT2D eigenvalue weighted by atomic mass is 10.1. The topological polar surface area (TPSA) is 84.4 Å². The number of carbonyl (C=O) groups excluding carboxylic acids is 2. The van der Waals surface area contributed by atoms with Gasteiger partial charge in [-0.15, -0.1) is 0 Å². The third-order valence-corrected chi connectivity index (χ3v) is 3.87. The number of benzene rings is 1. The molecule has 1 amide bonds. The average molecular weight is 347 g/mol. The lowest BCUT2D eigenvalue weighted by Gasteiger charge is -2.36. The molecule has 0 saturated carbocycles. The first-order chi connectivity index (χ1) is 11.6. The van der Waals surface area contributed by atoms with Crippen LogP contribution in [0.15, 0.2) is 36.7 Å². The van der Waals surface area contributed by atoms with E-state index in [0.29, 0.717) is 5.82 Å². The third-order valence-electron chi connectivity index (χ3n) is 3.58. The fourth-order valence-electron chi connectivity index (χ4n) is 2.54. The summed E-state index contributed by atoms with van der Waals surface area (Å²) in [5.41, 5.74) is 0.964. The molecular formula is C16H15ClN4O3. The van der Waals surface area contributed by atoms with Crippen LogP contribution in [-0.4, -0.2) is 39.9 Å². The maximum atomic E-state index is 12.9. The highest BCUT2D eigenvalue weighted by Crippen LogP contribution is 2.34. The zero-order chi connectivity index (χ0) is 17.1. The lowest BCUT2D eigenvalue weighted by molar-refractivity contribution is -0.144. The molecule has 0 bridgehead atoms. The van der Waals surface area contributed by atoms with Crippen LogP contribution in [0.4, 0.5) is 5.82 Å². The van der Waals surface area contributed by atoms with Gasteiger partial charge in [-0.25, -0.2) is 9.97 Å². The van der Waals surface area contributed by atoms with Crippen molar-refractivity contribution in [2.45, 2.75) is 13.1 Å². The van der Waals surface area contributed by atoms with Gasteiger partial charge in [0.25, 0.3) is 5.91 Å². The first kappa shape index (κ1) is 16.2. The lowest BCUT2D eigenvalue weighted by Crippen LogP contribution is -2.46. The number of rotatable bonds is 4. The molecule has 3 rings (SSSR count). The molecule has 0 fully saturated rings. The summed E-state index contributed by atoms with van der Waals surface area (Å²) in [6, 6.07) is 9.30. The SMILES string of the molecule is CCOC(=O)CN1C(=O)c2c(Cl)ncnc2NC1c1ccccc1. The summed E-state index contributed by atoms with van der Waals surface area (Å²) in [5.74, 6) is -0.574. The van der Waals surface area contributed by atoms with Crippen LogP contribution in [0.1, 0.15) is 29.0 Å². The maximum Gasteiger partial charge on any atom is 0.325 e. The normalized spacial score (nSPS) is 16.3. The number of nitrogens with one attached hydrogen (secondary N) is 1. The largest absolute Gasteiger partial charge is 0.465 e. The predicted molar refractivity (Wildman–Crippen MR) is 87.5 cm³/mol. The fourth-order valence-corrected chi connectivity index (χ4v) is 2.75. The Morgan fingerprint density at radius 1 is 1.33 bits per heavy atom. The molecule has 1 aromatic carbocycles. The number of fused-ring (bicyclic) bond motifs is 1. The summed E-state index contributed by atoms with van der Waals surface area (Å²) in [4.78, 5) is 34.1. The van der Waals surface area contributed by atoms with Gasteiger partial charge in [-0.05, 0) is 12.5 Å². The van der Waals surface area contributed by atoms with Crippen LogP contribution in [0.3, 0.4) is 0 Å². The van der Waals surface area contributed by atoms with Crippen LogP contribution >= 0.6 is 11.6 Å². The minimum absolute atomic E-state index is 0.0397. The van der Waals surface area contributed by atoms with Gasteiger partial charge in [0.2, 0.25) is 0 Å². The average Bonchev–Trinajstić information content (AvgIpc) is 2.58. The van der Waals surface area contributed by atoms with E-state index < -0.39 is 18.0 Å². The number of anilines is 1. The van der Waals surface area contributed by atoms with Crippen molar-refractivity contribution < 1.29 is 14.3 Å². The molecule has 1 aliphatic rings. The van der Waals surface area contributed by atoms with E-state index in [1.807, 2.05) is 30.3 Å². The number of carbonyl (C=O) groups is 2. The summed E-state index contributed by atoms with van der Waals surface area (Å²) in [6.45, 7) is 1.75. The van der Waals surface area contributed by atoms with E-state index in [1.165, 1.54) is 11.2 Å². The Labute approximate surface area is 143 Å². The quantitative estimate of drug-likeness (QED) is 0.675. The number of halogens is 1. The zero-order valence-electron chi connectivity index (χ0n) is 12.9. The highest BCUT2D eigenvalue weighted by molar-refractivity contribution is 6.33. The molecule has 2 heterocycles. The Morgan fingerprint density at radius 2 is 2.08 bits per heavy atom. The monoisotopic (exact) mass is 346 g/mol. The summed E-state index contributed by atoms with van der Waals surface area (Å²) < 4.78 is 4.97. The Morgan fingerprint density at radius 3 is 2.79 bits per heavy atom. The molecule has 1 aromatic heterocycles. The minimum Gasteiger partial charge on any atom is -0.465 e. The van der Waals surface area contributed by atoms with Gasteiger partial charge in [-0.2, -0.15) is 0 Å². The predicted octanol–water partition coefficient (Wildman–Crippen LogP) is 2.26. The summed E-state index contributed by atoms with van der Waals surface area (Å²) in [5, 5.41) is 3.18. The van der Waals surface area contributed by atoms with E-state index in [4.69, 9.17) is 16.3 Å². The van der Waals surface area contributed by atoms with Gasteiger partial charge >= 0.3 is 5.97 Å². The smallest absolute Gasteiger partial charge is 0.325 e. The number of ether oxygens (including phenoxy) is 1. The van der Waals surface area contributed by atoms with Gasteiger partial charge in [-0.1, -0.05) is 41.9 Å². The molecule has 7 nitrogen and oxygen atoms in total. The number of amides is 1. The molecule has 124 valence electrons. The molecule has 0 saturated heterocycles. The molecule has 8 heteroatoms. The van der Waals surface area contributed by atoms with E-state index in [9.17, 15) is 9.59 Å². The molecule has 2 aromatic rings. The number of aromatic nitrogens is 2. The fraction of sp³-hybridized carbons (Fsp3) is 0.250. The Balaban J connectivity index is 2.02. The van der Waals surface area contributed by atoms with Gasteiger partial charge in [0.15, 0.2) is 0 Å². The van der Waals surface area contributed by atoms with Crippen molar-refractivity contribution in [1.29, 1.82) is 0 Å². The van der Waals surface area contributed by atoms with E-state index >= 15 is 0 Å². The van der Waals surface area contributed by atoms with Crippen LogP contribution in [0.5, 0.6) is 0 Å². The number of esters is 1. The summed E-state index contributed by atoms with van der Waals surface area (Å²) >= 11 is 6.04. The van der Waals surface area contributed by atoms with Gasteiger partial charge < -0.3 is 15.0 Å². The van der Waals surface area contributed by atoms with Crippen LogP contribution in [0.25, 0.3) is 0 Å². The van der Waals surface area contributed by atoms with Crippen molar-refractivity contribution >= 4 is 29.3 Å². The second-order valence-corrected chi connectivity index (χ2v) is 5.44. The van der Waals surface area contributed by atoms with Crippen molar-refractivity contribution in [1.82, 2.24) is 14.9 Å². The van der Waals surface area contributed by atoms with Gasteiger partial charge in [0.05, 0.1) is 6.61 Å². The molecule has 0 spiro atoms. The highest BCUT2D eigenvalue weighted by Gasteiger charge is 2.37. The van der Waals surface area contributed by atoms with E-state index in [2.05, 4.69) is 15.3 Å². The zero-order valence-corrected chi connectivity index (χ0v) is 13.7. The Bertz CT molecular complexity index is 769. The molecular weight excluding hydrogens is 332 g/mol. The maximum absolute atomic E-state index is 12.9. The Hall–Kier alpha value is -2.67. The second kappa shape index (κ2) is 6.84. The summed E-state index contributed by atoms with van der Waals surface area (Å²) in [7, 11) is 0. The van der Waals surface area contributed by atoms with Crippen LogP contribution in [-0.2, 0) is 9.53 Å². The van der Waals surface area contributed by atoms with Crippen molar-refractivity contribution in [3.8, 4) is 0 Å². The van der Waals surface area contributed by atoms with E-state index in [1.54, 1.807) is 6.92 Å². The molecule has 1 unspecified atom stereocenters. The van der Waals surface area contributed by atoms with Crippen LogP contribution in [0.2, 0.25) is 5.15 Å². The Kier molecular flexibility index (Phi) is 4.61. The van der Waals surface area contributed by atoms with Crippen molar-refractivity contribution in [3.05, 3.63) is 52.9 Å². The van der Waals surface area contributed by atoms with Crippen LogP contribution < -0.4 is 5.32 Å². The van der Waals surface area contributed by atoms with Crippen molar-refractivity contribution in [2.24, 2.45) is 0 Å². The highest BCUT2D eigenvalue weighted by atomic mass is 35.5. The van der Waals surface area contributed by atoms with Crippen molar-refractivity contribution in [2.75, 3.05) is 18.5 Å². The van der Waals surface area contributed by atoms with Crippen molar-refractivity contribution in [3.63, 3.8) is 0 Å². The molecule has 0 radical (unpaired) electrons. The molecule has 24 heavy (non-hydrogen) atoms. The summed E-state index contributed by atoms with van der Waals surface area (Å²) in [6.07, 6.45) is 0.728. The van der Waals surface area contributed by atoms with E-state index in [-0.39, 0.29) is 23.9 Å². The first-order valence-corrected chi connectivity index (χ1v) is 7.78. The molecule has 1 atom stereocenters. The number of hydrogen-bond donors (Lipinski definition) is 1. The number of nitrogens with zero attached hydrogens (tertiary/aromatic N) is 3. The van der Waals surface area contributed by atoms with E-state index in [0.717, 1.165) is 5.56 Å². The number of hydrogen-bond acceptors (Lipinski definition) is 6. The van der Waals surface area contributed by atoms with Crippen LogP contribution in [0, 0.1) is 0 Å².